The third kappa shape index (κ3) is 3.71. The Morgan fingerprint density at radius 3 is 2.80 bits per heavy atom. The minimum Gasteiger partial charge on any atom is -0.462 e. The van der Waals surface area contributed by atoms with E-state index in [2.05, 4.69) is 26.2 Å². The lowest BCUT2D eigenvalue weighted by atomic mass is 10.2. The maximum atomic E-state index is 11.5. The number of carbonyl (C=O) groups excluding carboxylic acids is 1. The maximum absolute atomic E-state index is 11.5. The van der Waals surface area contributed by atoms with Crippen LogP contribution in [0.25, 0.3) is 0 Å². The summed E-state index contributed by atoms with van der Waals surface area (Å²) in [5, 5.41) is 3.78. The molecular weight excluding hydrogens is 344 g/mol. The van der Waals surface area contributed by atoms with Crippen LogP contribution in [-0.2, 0) is 4.74 Å². The van der Waals surface area contributed by atoms with Crippen LogP contribution in [0, 0.1) is 0 Å². The van der Waals surface area contributed by atoms with Gasteiger partial charge in [-0.05, 0) is 53.2 Å². The largest absolute Gasteiger partial charge is 0.462 e. The molecule has 0 saturated heterocycles. The van der Waals surface area contributed by atoms with Crippen molar-refractivity contribution in [3.8, 4) is 0 Å². The molecule has 0 atom stereocenters. The summed E-state index contributed by atoms with van der Waals surface area (Å²) >= 11 is 9.29. The summed E-state index contributed by atoms with van der Waals surface area (Å²) in [5.74, 6) is 0.250. The number of hydrogen-bond donors (Lipinski definition) is 1. The third-order valence-electron chi connectivity index (χ3n) is 2.47. The second kappa shape index (κ2) is 6.72. The molecule has 0 spiro atoms. The molecule has 2 rings (SSSR count). The number of ether oxygens (including phenoxy) is 1. The Kier molecular flexibility index (Phi) is 4.98. The SMILES string of the molecule is CCOC(=O)c1ccc(Nc2ccc(Cl)cc2Br)nc1. The topological polar surface area (TPSA) is 51.2 Å². The molecule has 0 aliphatic rings. The standard InChI is InChI=1S/C14H12BrClN2O2/c1-2-20-14(19)9-3-6-13(17-8-9)18-12-5-4-10(16)7-11(12)15/h3-8H,2H2,1H3,(H,17,18). The predicted molar refractivity (Wildman–Crippen MR) is 82.6 cm³/mol. The van der Waals surface area contributed by atoms with E-state index in [9.17, 15) is 4.79 Å². The molecule has 20 heavy (non-hydrogen) atoms. The molecule has 1 aromatic carbocycles. The van der Waals surface area contributed by atoms with Gasteiger partial charge in [-0.3, -0.25) is 0 Å². The summed E-state index contributed by atoms with van der Waals surface area (Å²) in [6.07, 6.45) is 1.48. The van der Waals surface area contributed by atoms with Crippen LogP contribution in [-0.4, -0.2) is 17.6 Å². The van der Waals surface area contributed by atoms with E-state index in [0.717, 1.165) is 10.2 Å². The first-order valence-corrected chi connectivity index (χ1v) is 7.12. The Hall–Kier alpha value is -1.59. The summed E-state index contributed by atoms with van der Waals surface area (Å²) in [4.78, 5) is 15.7. The van der Waals surface area contributed by atoms with Gasteiger partial charge in [-0.25, -0.2) is 9.78 Å². The van der Waals surface area contributed by atoms with Crippen LogP contribution in [0.4, 0.5) is 11.5 Å². The Morgan fingerprint density at radius 2 is 2.20 bits per heavy atom. The van der Waals surface area contributed by atoms with Gasteiger partial charge in [-0.2, -0.15) is 0 Å². The van der Waals surface area contributed by atoms with Gasteiger partial charge in [-0.15, -0.1) is 0 Å². The smallest absolute Gasteiger partial charge is 0.339 e. The number of halogens is 2. The molecule has 2 aromatic rings. The molecule has 0 bridgehead atoms. The lowest BCUT2D eigenvalue weighted by molar-refractivity contribution is 0.0526. The van der Waals surface area contributed by atoms with Crippen molar-refractivity contribution in [2.24, 2.45) is 0 Å². The molecule has 0 amide bonds. The minimum absolute atomic E-state index is 0.344. The Labute approximate surface area is 130 Å². The van der Waals surface area contributed by atoms with Crippen molar-refractivity contribution in [2.45, 2.75) is 6.92 Å². The number of carbonyl (C=O) groups is 1. The second-order valence-electron chi connectivity index (χ2n) is 3.90. The van der Waals surface area contributed by atoms with Gasteiger partial charge in [-0.1, -0.05) is 11.6 Å². The highest BCUT2D eigenvalue weighted by molar-refractivity contribution is 9.10. The molecule has 0 radical (unpaired) electrons. The average Bonchev–Trinajstić information content (AvgIpc) is 2.43. The van der Waals surface area contributed by atoms with Crippen LogP contribution in [0.15, 0.2) is 41.0 Å². The Bertz CT molecular complexity index is 617. The van der Waals surface area contributed by atoms with Crippen LogP contribution in [0.1, 0.15) is 17.3 Å². The number of pyridine rings is 1. The molecule has 104 valence electrons. The van der Waals surface area contributed by atoms with Crippen molar-refractivity contribution in [3.05, 3.63) is 51.6 Å². The number of benzene rings is 1. The average molecular weight is 356 g/mol. The van der Waals surface area contributed by atoms with Crippen molar-refractivity contribution in [2.75, 3.05) is 11.9 Å². The Balaban J connectivity index is 2.12. The number of anilines is 2. The first kappa shape index (κ1) is 14.8. The molecule has 0 fully saturated rings. The molecule has 1 aromatic heterocycles. The van der Waals surface area contributed by atoms with Crippen LogP contribution in [0.5, 0.6) is 0 Å². The fraction of sp³-hybridized carbons (Fsp3) is 0.143. The zero-order chi connectivity index (χ0) is 14.5. The fourth-order valence-electron chi connectivity index (χ4n) is 1.53. The lowest BCUT2D eigenvalue weighted by Gasteiger charge is -2.08. The molecule has 6 heteroatoms. The summed E-state index contributed by atoms with van der Waals surface area (Å²) in [6.45, 7) is 2.11. The molecule has 0 aliphatic heterocycles. The summed E-state index contributed by atoms with van der Waals surface area (Å²) in [6, 6.07) is 8.79. The van der Waals surface area contributed by atoms with Crippen LogP contribution >= 0.6 is 27.5 Å². The van der Waals surface area contributed by atoms with Crippen molar-refractivity contribution < 1.29 is 9.53 Å². The highest BCUT2D eigenvalue weighted by atomic mass is 79.9. The number of nitrogens with zero attached hydrogens (tertiary/aromatic N) is 1. The number of aromatic nitrogens is 1. The quantitative estimate of drug-likeness (QED) is 0.825. The second-order valence-corrected chi connectivity index (χ2v) is 5.19. The van der Waals surface area contributed by atoms with Gasteiger partial charge >= 0.3 is 5.97 Å². The predicted octanol–water partition coefficient (Wildman–Crippen LogP) is 4.42. The van der Waals surface area contributed by atoms with Crippen LogP contribution in [0.3, 0.4) is 0 Å². The monoisotopic (exact) mass is 354 g/mol. The van der Waals surface area contributed by atoms with Gasteiger partial charge in [0.2, 0.25) is 0 Å². The number of rotatable bonds is 4. The van der Waals surface area contributed by atoms with Crippen molar-refractivity contribution in [1.29, 1.82) is 0 Å². The van der Waals surface area contributed by atoms with Gasteiger partial charge in [0.05, 0.1) is 17.9 Å². The number of esters is 1. The molecule has 1 N–H and O–H groups in total. The van der Waals surface area contributed by atoms with Gasteiger partial charge in [0.25, 0.3) is 0 Å². The van der Waals surface area contributed by atoms with E-state index in [4.69, 9.17) is 16.3 Å². The first-order valence-electron chi connectivity index (χ1n) is 5.95. The lowest BCUT2D eigenvalue weighted by Crippen LogP contribution is -2.05. The van der Waals surface area contributed by atoms with Gasteiger partial charge < -0.3 is 10.1 Å². The van der Waals surface area contributed by atoms with E-state index in [1.165, 1.54) is 6.20 Å². The fourth-order valence-corrected chi connectivity index (χ4v) is 2.31. The summed E-state index contributed by atoms with van der Waals surface area (Å²) < 4.78 is 5.73. The van der Waals surface area contributed by atoms with E-state index in [1.54, 1.807) is 31.2 Å². The molecule has 4 nitrogen and oxygen atoms in total. The number of hydrogen-bond acceptors (Lipinski definition) is 4. The van der Waals surface area contributed by atoms with Gasteiger partial charge in [0.1, 0.15) is 5.82 Å². The van der Waals surface area contributed by atoms with Crippen molar-refractivity contribution in [3.63, 3.8) is 0 Å². The van der Waals surface area contributed by atoms with Crippen LogP contribution < -0.4 is 5.32 Å². The minimum atomic E-state index is -0.376. The van der Waals surface area contributed by atoms with Crippen molar-refractivity contribution in [1.82, 2.24) is 4.98 Å². The normalized spacial score (nSPS) is 10.2. The highest BCUT2D eigenvalue weighted by Crippen LogP contribution is 2.28. The maximum Gasteiger partial charge on any atom is 0.339 e. The molecular formula is C14H12BrClN2O2. The molecule has 0 saturated carbocycles. The molecule has 0 aliphatic carbocycles. The van der Waals surface area contributed by atoms with Gasteiger partial charge in [0.15, 0.2) is 0 Å². The summed E-state index contributed by atoms with van der Waals surface area (Å²) in [7, 11) is 0. The van der Waals surface area contributed by atoms with E-state index < -0.39 is 0 Å². The zero-order valence-corrected chi connectivity index (χ0v) is 13.0. The van der Waals surface area contributed by atoms with E-state index in [1.807, 2.05) is 6.07 Å². The summed E-state index contributed by atoms with van der Waals surface area (Å²) in [5.41, 5.74) is 1.26. The number of nitrogens with one attached hydrogen (secondary N) is 1. The third-order valence-corrected chi connectivity index (χ3v) is 3.36. The van der Waals surface area contributed by atoms with Gasteiger partial charge in [0, 0.05) is 15.7 Å². The molecule has 1 heterocycles. The van der Waals surface area contributed by atoms with Crippen LogP contribution in [0.2, 0.25) is 5.02 Å². The first-order chi connectivity index (χ1) is 9.60. The highest BCUT2D eigenvalue weighted by Gasteiger charge is 2.07. The zero-order valence-electron chi connectivity index (χ0n) is 10.7. The van der Waals surface area contributed by atoms with E-state index in [-0.39, 0.29) is 5.97 Å². The molecule has 0 unspecified atom stereocenters. The van der Waals surface area contributed by atoms with Crippen molar-refractivity contribution >= 4 is 45.0 Å². The Morgan fingerprint density at radius 1 is 1.40 bits per heavy atom. The van der Waals surface area contributed by atoms with E-state index >= 15 is 0 Å². The van der Waals surface area contributed by atoms with E-state index in [0.29, 0.717) is 23.0 Å².